The molecule has 27 heavy (non-hydrogen) atoms. The number of hydrogen-bond donors (Lipinski definition) is 0. The molecule has 1 atom stereocenters. The Morgan fingerprint density at radius 3 is 1.78 bits per heavy atom. The molecule has 2 aromatic rings. The summed E-state index contributed by atoms with van der Waals surface area (Å²) in [4.78, 5) is 13.0. The number of hydrogen-bond acceptors (Lipinski definition) is 4. The lowest BCUT2D eigenvalue weighted by Crippen LogP contribution is -2.17. The van der Waals surface area contributed by atoms with Gasteiger partial charge in [-0.1, -0.05) is 87.4 Å². The van der Waals surface area contributed by atoms with Crippen molar-refractivity contribution >= 4 is 13.1 Å². The van der Waals surface area contributed by atoms with Crippen molar-refractivity contribution < 1.29 is 18.4 Å². The highest BCUT2D eigenvalue weighted by Crippen LogP contribution is 2.53. The smallest absolute Gasteiger partial charge is 0.298 e. The van der Waals surface area contributed by atoms with E-state index >= 15 is 0 Å². The maximum Gasteiger partial charge on any atom is 0.397 e. The molecule has 5 heteroatoms. The van der Waals surface area contributed by atoms with E-state index in [9.17, 15) is 9.36 Å². The van der Waals surface area contributed by atoms with Crippen LogP contribution in [0.25, 0.3) is 0 Å². The highest BCUT2D eigenvalue weighted by Gasteiger charge is 2.39. The highest BCUT2D eigenvalue weighted by atomic mass is 31.2. The molecule has 1 unspecified atom stereocenters. The molecule has 0 saturated carbocycles. The molecule has 2 aromatic carbocycles. The van der Waals surface area contributed by atoms with Crippen LogP contribution in [0, 0.1) is 5.92 Å². The standard InChI is InChI=1S/C22H29O4P/c1-3-5-16-21(4-2)22(23)27(24,25-17-19-12-8-6-9-13-19)26-18-20-14-10-7-11-15-20/h6-15,21H,3-5,16-18H2,1-2H3. The van der Waals surface area contributed by atoms with E-state index < -0.39 is 13.1 Å². The molecule has 4 nitrogen and oxygen atoms in total. The molecular formula is C22H29O4P. The van der Waals surface area contributed by atoms with Crippen LogP contribution >= 0.6 is 7.60 Å². The second-order valence-electron chi connectivity index (χ2n) is 6.60. The predicted octanol–water partition coefficient (Wildman–Crippen LogP) is 6.36. The highest BCUT2D eigenvalue weighted by molar-refractivity contribution is 7.71. The average molecular weight is 388 g/mol. The fourth-order valence-electron chi connectivity index (χ4n) is 2.81. The third-order valence-corrected chi connectivity index (χ3v) is 6.35. The molecule has 0 aromatic heterocycles. The van der Waals surface area contributed by atoms with E-state index in [-0.39, 0.29) is 19.1 Å². The Morgan fingerprint density at radius 1 is 0.889 bits per heavy atom. The van der Waals surface area contributed by atoms with Crippen molar-refractivity contribution in [2.45, 2.75) is 52.7 Å². The van der Waals surface area contributed by atoms with Gasteiger partial charge in [0.25, 0.3) is 0 Å². The van der Waals surface area contributed by atoms with Gasteiger partial charge in [0.15, 0.2) is 0 Å². The van der Waals surface area contributed by atoms with Crippen LogP contribution in [0.1, 0.15) is 50.7 Å². The lowest BCUT2D eigenvalue weighted by Gasteiger charge is -2.22. The first-order chi connectivity index (χ1) is 13.1. The van der Waals surface area contributed by atoms with Gasteiger partial charge in [0.2, 0.25) is 5.52 Å². The van der Waals surface area contributed by atoms with E-state index in [2.05, 4.69) is 6.92 Å². The van der Waals surface area contributed by atoms with Gasteiger partial charge in [-0.15, -0.1) is 0 Å². The molecule has 0 fully saturated rings. The number of benzene rings is 2. The Morgan fingerprint density at radius 2 is 1.37 bits per heavy atom. The van der Waals surface area contributed by atoms with Crippen molar-refractivity contribution in [3.8, 4) is 0 Å². The summed E-state index contributed by atoms with van der Waals surface area (Å²) >= 11 is 0. The molecule has 2 rings (SSSR count). The molecule has 0 heterocycles. The van der Waals surface area contributed by atoms with Gasteiger partial charge in [-0.25, -0.2) is 0 Å². The Hall–Kier alpha value is -1.74. The lowest BCUT2D eigenvalue weighted by atomic mass is 10.0. The van der Waals surface area contributed by atoms with E-state index in [1.807, 2.05) is 67.6 Å². The van der Waals surface area contributed by atoms with E-state index in [1.165, 1.54) is 0 Å². The van der Waals surface area contributed by atoms with Crippen LogP contribution in [-0.4, -0.2) is 5.52 Å². The molecule has 0 bridgehead atoms. The Labute approximate surface area is 162 Å². The molecule has 146 valence electrons. The van der Waals surface area contributed by atoms with E-state index in [4.69, 9.17) is 9.05 Å². The number of carbonyl (C=O) groups is 1. The van der Waals surface area contributed by atoms with Gasteiger partial charge in [0, 0.05) is 5.92 Å². The Balaban J connectivity index is 2.14. The minimum Gasteiger partial charge on any atom is -0.298 e. The van der Waals surface area contributed by atoms with E-state index in [1.54, 1.807) is 0 Å². The minimum absolute atomic E-state index is 0.0862. The van der Waals surface area contributed by atoms with Crippen molar-refractivity contribution in [2.75, 3.05) is 0 Å². The Kier molecular flexibility index (Phi) is 8.93. The molecule has 0 aliphatic heterocycles. The van der Waals surface area contributed by atoms with Gasteiger partial charge in [0.1, 0.15) is 0 Å². The van der Waals surface area contributed by atoms with Crippen molar-refractivity contribution in [1.82, 2.24) is 0 Å². The quantitative estimate of drug-likeness (QED) is 0.397. The Bertz CT molecular complexity index is 683. The van der Waals surface area contributed by atoms with Crippen LogP contribution in [0.2, 0.25) is 0 Å². The van der Waals surface area contributed by atoms with E-state index in [0.717, 1.165) is 24.0 Å². The van der Waals surface area contributed by atoms with Crippen LogP contribution < -0.4 is 0 Å². The van der Waals surface area contributed by atoms with Crippen LogP contribution in [0.4, 0.5) is 0 Å². The summed E-state index contributed by atoms with van der Waals surface area (Å²) in [7, 11) is -3.89. The minimum atomic E-state index is -3.89. The number of unbranched alkanes of at least 4 members (excludes halogenated alkanes) is 1. The zero-order valence-electron chi connectivity index (χ0n) is 16.2. The largest absolute Gasteiger partial charge is 0.397 e. The van der Waals surface area contributed by atoms with Crippen LogP contribution in [-0.2, 0) is 31.6 Å². The molecular weight excluding hydrogens is 359 g/mol. The maximum absolute atomic E-state index is 13.4. The van der Waals surface area contributed by atoms with Crippen LogP contribution in [0.5, 0.6) is 0 Å². The average Bonchev–Trinajstić information content (AvgIpc) is 2.72. The zero-order chi connectivity index (χ0) is 19.5. The van der Waals surface area contributed by atoms with Crippen molar-refractivity contribution in [2.24, 2.45) is 5.92 Å². The van der Waals surface area contributed by atoms with Gasteiger partial charge in [-0.05, 0) is 24.0 Å². The van der Waals surface area contributed by atoms with E-state index in [0.29, 0.717) is 12.8 Å². The van der Waals surface area contributed by atoms with Gasteiger partial charge in [-0.3, -0.25) is 18.4 Å². The molecule has 0 spiro atoms. The fraction of sp³-hybridized carbons (Fsp3) is 0.409. The van der Waals surface area contributed by atoms with Crippen molar-refractivity contribution in [1.29, 1.82) is 0 Å². The SMILES string of the molecule is CCCCC(CC)C(=O)P(=O)(OCc1ccccc1)OCc1ccccc1. The lowest BCUT2D eigenvalue weighted by molar-refractivity contribution is -0.118. The first-order valence-corrected chi connectivity index (χ1v) is 11.1. The molecule has 0 N–H and O–H groups in total. The van der Waals surface area contributed by atoms with Crippen molar-refractivity contribution in [3.05, 3.63) is 71.8 Å². The summed E-state index contributed by atoms with van der Waals surface area (Å²) in [6.07, 6.45) is 3.25. The normalized spacial score (nSPS) is 12.7. The zero-order valence-corrected chi connectivity index (χ0v) is 17.1. The third kappa shape index (κ3) is 6.73. The molecule has 0 aliphatic carbocycles. The summed E-state index contributed by atoms with van der Waals surface area (Å²) in [5.74, 6) is -0.303. The third-order valence-electron chi connectivity index (χ3n) is 4.51. The topological polar surface area (TPSA) is 52.6 Å². The summed E-state index contributed by atoms with van der Waals surface area (Å²) in [6.45, 7) is 4.19. The van der Waals surface area contributed by atoms with Gasteiger partial charge in [0.05, 0.1) is 13.2 Å². The molecule has 0 saturated heterocycles. The summed E-state index contributed by atoms with van der Waals surface area (Å²) in [5.41, 5.74) is 1.32. The second-order valence-corrected chi connectivity index (χ2v) is 8.55. The first-order valence-electron chi connectivity index (χ1n) is 9.60. The van der Waals surface area contributed by atoms with Gasteiger partial charge >= 0.3 is 7.60 Å². The summed E-state index contributed by atoms with van der Waals surface area (Å²) < 4.78 is 24.7. The summed E-state index contributed by atoms with van der Waals surface area (Å²) in [5, 5.41) is 0. The van der Waals surface area contributed by atoms with Crippen molar-refractivity contribution in [3.63, 3.8) is 0 Å². The van der Waals surface area contributed by atoms with Gasteiger partial charge in [-0.2, -0.15) is 0 Å². The fourth-order valence-corrected chi connectivity index (χ4v) is 4.53. The maximum atomic E-state index is 13.4. The predicted molar refractivity (Wildman–Crippen MR) is 108 cm³/mol. The first kappa shape index (κ1) is 21.6. The van der Waals surface area contributed by atoms with Crippen LogP contribution in [0.15, 0.2) is 60.7 Å². The summed E-state index contributed by atoms with van der Waals surface area (Å²) in [6, 6.07) is 18.8. The number of carbonyl (C=O) groups excluding carboxylic acids is 1. The molecule has 0 radical (unpaired) electrons. The van der Waals surface area contributed by atoms with Gasteiger partial charge < -0.3 is 0 Å². The van der Waals surface area contributed by atoms with Crippen LogP contribution in [0.3, 0.4) is 0 Å². The monoisotopic (exact) mass is 388 g/mol. The molecule has 0 amide bonds. The molecule has 0 aliphatic rings. The second kappa shape index (κ2) is 11.2. The number of rotatable bonds is 12.